The molecule has 0 bridgehead atoms. The first-order chi connectivity index (χ1) is 18.0. The molecule has 3 heterocycles. The molecular formula is C24H21ClN8O4S. The maximum atomic E-state index is 13.0. The Bertz CT molecular complexity index is 1860. The average molecular weight is 553 g/mol. The Balaban J connectivity index is 1.50. The number of halogens is 1. The van der Waals surface area contributed by atoms with E-state index in [0.717, 1.165) is 4.31 Å². The van der Waals surface area contributed by atoms with Crippen LogP contribution in [0.1, 0.15) is 16.1 Å². The lowest BCUT2D eigenvalue weighted by molar-refractivity contribution is 0.102. The standard InChI is InChI=1S/C24H21ClN8O4S/c1-14-11-20(27-22(34)15-7-9-18(10-8-15)38(36,37)31(2)3)33(30-14)24-28-21-19(23(35)29-24)13-26-32(21)17-6-4-5-16(25)12-17/h4-13H,1-3H3,(H,27,34)(H,28,29,35). The van der Waals surface area contributed by atoms with Gasteiger partial charge in [-0.2, -0.15) is 19.9 Å². The molecule has 2 N–H and O–H groups in total. The van der Waals surface area contributed by atoms with Gasteiger partial charge < -0.3 is 5.32 Å². The quantitative estimate of drug-likeness (QED) is 0.329. The summed E-state index contributed by atoms with van der Waals surface area (Å²) < 4.78 is 28.5. The monoisotopic (exact) mass is 552 g/mol. The molecule has 5 aromatic rings. The van der Waals surface area contributed by atoms with Crippen molar-refractivity contribution < 1.29 is 13.2 Å². The van der Waals surface area contributed by atoms with Gasteiger partial charge in [-0.05, 0) is 49.4 Å². The summed E-state index contributed by atoms with van der Waals surface area (Å²) in [5, 5.41) is 12.2. The number of hydrogen-bond acceptors (Lipinski definition) is 7. The van der Waals surface area contributed by atoms with Gasteiger partial charge in [0.05, 0.1) is 22.5 Å². The van der Waals surface area contributed by atoms with Crippen molar-refractivity contribution in [2.24, 2.45) is 0 Å². The zero-order valence-electron chi connectivity index (χ0n) is 20.4. The molecule has 0 aliphatic rings. The molecule has 0 aliphatic heterocycles. The topological polar surface area (TPSA) is 148 Å². The minimum Gasteiger partial charge on any atom is -0.306 e. The van der Waals surface area contributed by atoms with Crippen molar-refractivity contribution in [3.05, 3.63) is 87.4 Å². The van der Waals surface area contributed by atoms with Gasteiger partial charge >= 0.3 is 0 Å². The number of H-pyrrole nitrogens is 1. The number of nitrogens with zero attached hydrogens (tertiary/aromatic N) is 6. The molecule has 3 aromatic heterocycles. The minimum atomic E-state index is -3.63. The Morgan fingerprint density at radius 1 is 1.08 bits per heavy atom. The highest BCUT2D eigenvalue weighted by molar-refractivity contribution is 7.89. The van der Waals surface area contributed by atoms with Gasteiger partial charge in [-0.3, -0.25) is 14.6 Å². The molecule has 1 amide bonds. The van der Waals surface area contributed by atoms with Gasteiger partial charge in [-0.15, -0.1) is 0 Å². The van der Waals surface area contributed by atoms with Crippen LogP contribution in [0.25, 0.3) is 22.7 Å². The summed E-state index contributed by atoms with van der Waals surface area (Å²) in [6.45, 7) is 1.72. The average Bonchev–Trinajstić information content (AvgIpc) is 3.47. The number of hydrogen-bond donors (Lipinski definition) is 2. The molecule has 2 aromatic carbocycles. The molecule has 38 heavy (non-hydrogen) atoms. The zero-order chi connectivity index (χ0) is 27.2. The van der Waals surface area contributed by atoms with E-state index in [0.29, 0.717) is 16.4 Å². The third-order valence-corrected chi connectivity index (χ3v) is 7.71. The number of aromatic nitrogens is 6. The van der Waals surface area contributed by atoms with Crippen molar-refractivity contribution in [1.82, 2.24) is 33.8 Å². The molecule has 0 unspecified atom stereocenters. The fourth-order valence-corrected chi connectivity index (χ4v) is 4.82. The highest BCUT2D eigenvalue weighted by atomic mass is 35.5. The Morgan fingerprint density at radius 2 is 1.82 bits per heavy atom. The Hall–Kier alpha value is -4.33. The minimum absolute atomic E-state index is 0.0575. The van der Waals surface area contributed by atoms with E-state index < -0.39 is 21.5 Å². The first-order valence-corrected chi connectivity index (χ1v) is 13.0. The summed E-state index contributed by atoms with van der Waals surface area (Å²) in [5.74, 6) is -0.205. The van der Waals surface area contributed by atoms with E-state index in [9.17, 15) is 18.0 Å². The van der Waals surface area contributed by atoms with Crippen molar-refractivity contribution in [1.29, 1.82) is 0 Å². The lowest BCUT2D eigenvalue weighted by atomic mass is 10.2. The summed E-state index contributed by atoms with van der Waals surface area (Å²) in [6.07, 6.45) is 1.41. The number of anilines is 1. The summed E-state index contributed by atoms with van der Waals surface area (Å²) in [5.41, 5.74) is 1.22. The van der Waals surface area contributed by atoms with Crippen molar-refractivity contribution in [2.75, 3.05) is 19.4 Å². The lowest BCUT2D eigenvalue weighted by Gasteiger charge is -2.12. The van der Waals surface area contributed by atoms with E-state index in [-0.39, 0.29) is 33.3 Å². The van der Waals surface area contributed by atoms with E-state index in [1.54, 1.807) is 37.3 Å². The van der Waals surface area contributed by atoms with E-state index in [1.807, 2.05) is 0 Å². The van der Waals surface area contributed by atoms with Gasteiger partial charge in [0.1, 0.15) is 11.2 Å². The Morgan fingerprint density at radius 3 is 2.50 bits per heavy atom. The number of fused-ring (bicyclic) bond motifs is 1. The van der Waals surface area contributed by atoms with Gasteiger partial charge in [0.25, 0.3) is 11.5 Å². The van der Waals surface area contributed by atoms with Crippen LogP contribution in [-0.2, 0) is 10.0 Å². The zero-order valence-corrected chi connectivity index (χ0v) is 21.9. The summed E-state index contributed by atoms with van der Waals surface area (Å²) in [6, 6.07) is 14.1. The highest BCUT2D eigenvalue weighted by Crippen LogP contribution is 2.21. The molecule has 0 atom stereocenters. The van der Waals surface area contributed by atoms with Crippen LogP contribution in [0, 0.1) is 6.92 Å². The first-order valence-electron chi connectivity index (χ1n) is 11.2. The van der Waals surface area contributed by atoms with Crippen LogP contribution in [0.5, 0.6) is 0 Å². The number of carbonyl (C=O) groups excluding carboxylic acids is 1. The van der Waals surface area contributed by atoms with E-state index in [1.165, 1.54) is 53.9 Å². The van der Waals surface area contributed by atoms with Crippen molar-refractivity contribution in [3.63, 3.8) is 0 Å². The number of aryl methyl sites for hydroxylation is 1. The van der Waals surface area contributed by atoms with Crippen LogP contribution < -0.4 is 10.9 Å². The molecule has 5 rings (SSSR count). The van der Waals surface area contributed by atoms with Crippen LogP contribution in [0.4, 0.5) is 5.82 Å². The molecule has 0 aliphatic carbocycles. The SMILES string of the molecule is Cc1cc(NC(=O)c2ccc(S(=O)(=O)N(C)C)cc2)n(-c2nc3c(cnn3-c3cccc(Cl)c3)c(=O)[nH]2)n1. The van der Waals surface area contributed by atoms with Gasteiger partial charge in [-0.1, -0.05) is 17.7 Å². The third kappa shape index (κ3) is 4.58. The lowest BCUT2D eigenvalue weighted by Crippen LogP contribution is -2.22. The van der Waals surface area contributed by atoms with Gasteiger partial charge in [-0.25, -0.2) is 17.4 Å². The summed E-state index contributed by atoms with van der Waals surface area (Å²) in [4.78, 5) is 33.1. The van der Waals surface area contributed by atoms with Crippen LogP contribution in [0.3, 0.4) is 0 Å². The molecular weight excluding hydrogens is 532 g/mol. The number of amides is 1. The smallest absolute Gasteiger partial charge is 0.263 e. The first kappa shape index (κ1) is 25.3. The Labute approximate surface area is 221 Å². The normalized spacial score (nSPS) is 11.8. The highest BCUT2D eigenvalue weighted by Gasteiger charge is 2.20. The third-order valence-electron chi connectivity index (χ3n) is 5.65. The molecule has 0 radical (unpaired) electrons. The summed E-state index contributed by atoms with van der Waals surface area (Å²) in [7, 11) is -0.775. The van der Waals surface area contributed by atoms with Crippen molar-refractivity contribution in [2.45, 2.75) is 11.8 Å². The van der Waals surface area contributed by atoms with Crippen LogP contribution in [-0.4, -0.2) is 62.3 Å². The molecule has 0 fully saturated rings. The molecule has 194 valence electrons. The van der Waals surface area contributed by atoms with E-state index in [2.05, 4.69) is 25.5 Å². The molecule has 0 saturated heterocycles. The van der Waals surface area contributed by atoms with Gasteiger partial charge in [0.2, 0.25) is 16.0 Å². The van der Waals surface area contributed by atoms with Gasteiger partial charge in [0.15, 0.2) is 5.65 Å². The fraction of sp³-hybridized carbons (Fsp3) is 0.125. The summed E-state index contributed by atoms with van der Waals surface area (Å²) >= 11 is 6.12. The van der Waals surface area contributed by atoms with Crippen LogP contribution in [0.15, 0.2) is 70.5 Å². The van der Waals surface area contributed by atoms with E-state index in [4.69, 9.17) is 11.6 Å². The van der Waals surface area contributed by atoms with Crippen molar-refractivity contribution >= 4 is 44.4 Å². The molecule has 0 saturated carbocycles. The van der Waals surface area contributed by atoms with E-state index >= 15 is 0 Å². The fourth-order valence-electron chi connectivity index (χ4n) is 3.73. The predicted octanol–water partition coefficient (Wildman–Crippen LogP) is 2.76. The number of aromatic amines is 1. The second-order valence-corrected chi connectivity index (χ2v) is 11.1. The van der Waals surface area contributed by atoms with Gasteiger partial charge in [0, 0.05) is 30.7 Å². The molecule has 0 spiro atoms. The maximum Gasteiger partial charge on any atom is 0.263 e. The Kier molecular flexibility index (Phi) is 6.34. The number of nitrogens with one attached hydrogen (secondary N) is 2. The largest absolute Gasteiger partial charge is 0.306 e. The second-order valence-electron chi connectivity index (χ2n) is 8.51. The number of rotatable bonds is 6. The maximum absolute atomic E-state index is 13.0. The predicted molar refractivity (Wildman–Crippen MR) is 142 cm³/mol. The molecule has 12 nitrogen and oxygen atoms in total. The second kappa shape index (κ2) is 9.52. The van der Waals surface area contributed by atoms with Crippen LogP contribution >= 0.6 is 11.6 Å². The van der Waals surface area contributed by atoms with Crippen molar-refractivity contribution in [3.8, 4) is 11.6 Å². The molecule has 14 heteroatoms. The number of sulfonamides is 1. The number of benzene rings is 2. The number of carbonyl (C=O) groups is 1. The van der Waals surface area contributed by atoms with Crippen LogP contribution in [0.2, 0.25) is 5.02 Å².